The van der Waals surface area contributed by atoms with Gasteiger partial charge in [-0.25, -0.2) is 4.39 Å². The lowest BCUT2D eigenvalue weighted by molar-refractivity contribution is 0.0679. The van der Waals surface area contributed by atoms with Crippen molar-refractivity contribution in [3.8, 4) is 0 Å². The van der Waals surface area contributed by atoms with Gasteiger partial charge in [0.2, 0.25) is 0 Å². The van der Waals surface area contributed by atoms with Crippen molar-refractivity contribution < 1.29 is 9.18 Å². The first-order valence-corrected chi connectivity index (χ1v) is 8.91. The van der Waals surface area contributed by atoms with E-state index in [4.69, 9.17) is 23.2 Å². The van der Waals surface area contributed by atoms with Crippen LogP contribution in [0, 0.1) is 5.82 Å². The molecule has 1 aliphatic heterocycles. The van der Waals surface area contributed by atoms with Crippen LogP contribution in [-0.4, -0.2) is 37.0 Å². The van der Waals surface area contributed by atoms with Gasteiger partial charge in [-0.3, -0.25) is 4.79 Å². The van der Waals surface area contributed by atoms with Crippen molar-refractivity contribution in [2.24, 2.45) is 0 Å². The zero-order valence-corrected chi connectivity index (χ0v) is 15.3. The summed E-state index contributed by atoms with van der Waals surface area (Å²) < 4.78 is 13.5. The molecule has 0 spiro atoms. The number of carbonyl (C=O) groups excluding carboxylic acids is 1. The van der Waals surface area contributed by atoms with Crippen LogP contribution >= 0.6 is 23.2 Å². The number of nitrogens with zero attached hydrogens (tertiary/aromatic N) is 1. The maximum atomic E-state index is 13.5. The highest BCUT2D eigenvalue weighted by atomic mass is 35.5. The smallest absolute Gasteiger partial charge is 0.253 e. The number of hydrogen-bond donors (Lipinski definition) is 1. The van der Waals surface area contributed by atoms with Crippen LogP contribution in [0.4, 0.5) is 4.39 Å². The molecule has 1 aliphatic rings. The van der Waals surface area contributed by atoms with Crippen molar-refractivity contribution in [2.45, 2.75) is 18.4 Å². The summed E-state index contributed by atoms with van der Waals surface area (Å²) in [6, 6.07) is 11.7. The normalized spacial score (nSPS) is 20.3. The third-order valence-corrected chi connectivity index (χ3v) is 5.27. The summed E-state index contributed by atoms with van der Waals surface area (Å²) in [5.41, 5.74) is 1.53. The molecule has 1 N–H and O–H groups in total. The van der Waals surface area contributed by atoms with Crippen LogP contribution in [0.1, 0.15) is 28.3 Å². The molecule has 1 fully saturated rings. The molecular formula is C19H19Cl2FN2O. The Hall–Kier alpha value is -1.62. The van der Waals surface area contributed by atoms with Gasteiger partial charge < -0.3 is 10.2 Å². The number of halogens is 3. The standard InChI is InChI=1S/C19H19Cl2FN2O/c1-24(19(25)12-2-5-14(20)6-3-12)18-8-9-23-11-15(18)13-4-7-17(22)16(21)10-13/h2-7,10,15,18,23H,8-9,11H2,1H3/t15-,18+/m0/s1. The van der Waals surface area contributed by atoms with Gasteiger partial charge in [-0.15, -0.1) is 0 Å². The number of nitrogens with one attached hydrogen (secondary N) is 1. The predicted octanol–water partition coefficient (Wildman–Crippen LogP) is 4.35. The SMILES string of the molecule is CN(C(=O)c1ccc(Cl)cc1)[C@@H]1CCNC[C@H]1c1ccc(F)c(Cl)c1. The number of amides is 1. The van der Waals surface area contributed by atoms with E-state index in [0.29, 0.717) is 17.1 Å². The fourth-order valence-electron chi connectivity index (χ4n) is 3.34. The molecule has 1 saturated heterocycles. The van der Waals surface area contributed by atoms with Crippen molar-refractivity contribution in [1.82, 2.24) is 10.2 Å². The topological polar surface area (TPSA) is 32.3 Å². The summed E-state index contributed by atoms with van der Waals surface area (Å²) in [7, 11) is 1.81. The van der Waals surface area contributed by atoms with Gasteiger partial charge in [0, 0.05) is 36.1 Å². The molecule has 1 heterocycles. The second kappa shape index (κ2) is 7.73. The van der Waals surface area contributed by atoms with E-state index in [1.165, 1.54) is 6.07 Å². The monoisotopic (exact) mass is 380 g/mol. The van der Waals surface area contributed by atoms with Crippen LogP contribution in [-0.2, 0) is 0 Å². The minimum Gasteiger partial charge on any atom is -0.338 e. The Labute approximate surface area is 156 Å². The fraction of sp³-hybridized carbons (Fsp3) is 0.316. The predicted molar refractivity (Wildman–Crippen MR) is 99.0 cm³/mol. The third kappa shape index (κ3) is 3.97. The number of rotatable bonds is 3. The Morgan fingerprint density at radius 3 is 2.60 bits per heavy atom. The Kier molecular flexibility index (Phi) is 5.62. The summed E-state index contributed by atoms with van der Waals surface area (Å²) in [5, 5.41) is 4.05. The maximum Gasteiger partial charge on any atom is 0.253 e. The van der Waals surface area contributed by atoms with Gasteiger partial charge in [0.15, 0.2) is 0 Å². The molecule has 2 atom stereocenters. The van der Waals surface area contributed by atoms with Gasteiger partial charge >= 0.3 is 0 Å². The summed E-state index contributed by atoms with van der Waals surface area (Å²) in [5.74, 6) is -0.439. The van der Waals surface area contributed by atoms with Gasteiger partial charge in [0.25, 0.3) is 5.91 Å². The molecule has 0 radical (unpaired) electrons. The Bertz CT molecular complexity index is 767. The number of hydrogen-bond acceptors (Lipinski definition) is 2. The number of piperidine rings is 1. The molecule has 3 rings (SSSR count). The quantitative estimate of drug-likeness (QED) is 0.858. The van der Waals surface area contributed by atoms with Crippen molar-refractivity contribution >= 4 is 29.1 Å². The van der Waals surface area contributed by atoms with E-state index in [-0.39, 0.29) is 22.9 Å². The molecule has 132 valence electrons. The lowest BCUT2D eigenvalue weighted by atomic mass is 9.85. The van der Waals surface area contributed by atoms with Gasteiger partial charge in [-0.05, 0) is 54.9 Å². The molecule has 0 bridgehead atoms. The summed E-state index contributed by atoms with van der Waals surface area (Å²) >= 11 is 11.8. The van der Waals surface area contributed by atoms with Crippen LogP contribution < -0.4 is 5.32 Å². The molecule has 2 aromatic carbocycles. The summed E-state index contributed by atoms with van der Waals surface area (Å²) in [6.07, 6.45) is 0.815. The van der Waals surface area contributed by atoms with Gasteiger partial charge in [0.1, 0.15) is 5.82 Å². The van der Waals surface area contributed by atoms with Crippen LogP contribution in [0.25, 0.3) is 0 Å². The summed E-state index contributed by atoms with van der Waals surface area (Å²) in [6.45, 7) is 1.54. The van der Waals surface area contributed by atoms with Gasteiger partial charge in [0.05, 0.1) is 5.02 Å². The molecular weight excluding hydrogens is 362 g/mol. The van der Waals surface area contributed by atoms with Crippen molar-refractivity contribution in [3.63, 3.8) is 0 Å². The van der Waals surface area contributed by atoms with Crippen LogP contribution in [0.15, 0.2) is 42.5 Å². The molecule has 0 unspecified atom stereocenters. The first-order chi connectivity index (χ1) is 12.0. The highest BCUT2D eigenvalue weighted by molar-refractivity contribution is 6.31. The number of benzene rings is 2. The van der Waals surface area contributed by atoms with Crippen LogP contribution in [0.5, 0.6) is 0 Å². The lowest BCUT2D eigenvalue weighted by Crippen LogP contribution is -2.49. The molecule has 3 nitrogen and oxygen atoms in total. The first kappa shape index (κ1) is 18.2. The zero-order valence-electron chi connectivity index (χ0n) is 13.8. The average molecular weight is 381 g/mol. The maximum absolute atomic E-state index is 13.5. The van der Waals surface area contributed by atoms with E-state index < -0.39 is 5.82 Å². The first-order valence-electron chi connectivity index (χ1n) is 8.16. The summed E-state index contributed by atoms with van der Waals surface area (Å²) in [4.78, 5) is 14.6. The van der Waals surface area contributed by atoms with Crippen molar-refractivity contribution in [2.75, 3.05) is 20.1 Å². The van der Waals surface area contributed by atoms with E-state index >= 15 is 0 Å². The zero-order chi connectivity index (χ0) is 18.0. The van der Waals surface area contributed by atoms with Gasteiger partial charge in [-0.1, -0.05) is 29.3 Å². The molecule has 0 aliphatic carbocycles. The van der Waals surface area contributed by atoms with Crippen molar-refractivity contribution in [1.29, 1.82) is 0 Å². The number of likely N-dealkylation sites (N-methyl/N-ethyl adjacent to an activating group) is 1. The molecule has 1 amide bonds. The van der Waals surface area contributed by atoms with E-state index in [0.717, 1.165) is 18.5 Å². The van der Waals surface area contributed by atoms with Crippen LogP contribution in [0.3, 0.4) is 0 Å². The van der Waals surface area contributed by atoms with Gasteiger partial charge in [-0.2, -0.15) is 0 Å². The van der Waals surface area contributed by atoms with E-state index in [2.05, 4.69) is 5.32 Å². The second-order valence-corrected chi connectivity index (χ2v) is 7.11. The molecule has 0 aromatic heterocycles. The Morgan fingerprint density at radius 2 is 1.92 bits per heavy atom. The second-order valence-electron chi connectivity index (χ2n) is 6.26. The highest BCUT2D eigenvalue weighted by Crippen LogP contribution is 2.30. The average Bonchev–Trinajstić information content (AvgIpc) is 2.63. The third-order valence-electron chi connectivity index (χ3n) is 4.73. The van der Waals surface area contributed by atoms with Crippen LogP contribution in [0.2, 0.25) is 10.0 Å². The molecule has 0 saturated carbocycles. The highest BCUT2D eigenvalue weighted by Gasteiger charge is 2.32. The van der Waals surface area contributed by atoms with E-state index in [9.17, 15) is 9.18 Å². The Balaban J connectivity index is 1.85. The Morgan fingerprint density at radius 1 is 1.20 bits per heavy atom. The van der Waals surface area contributed by atoms with E-state index in [1.807, 2.05) is 7.05 Å². The fourth-order valence-corrected chi connectivity index (χ4v) is 3.65. The minimum atomic E-state index is -0.434. The molecule has 6 heteroatoms. The molecule has 25 heavy (non-hydrogen) atoms. The lowest BCUT2D eigenvalue weighted by Gasteiger charge is -2.38. The largest absolute Gasteiger partial charge is 0.338 e. The molecule has 2 aromatic rings. The number of carbonyl (C=O) groups is 1. The minimum absolute atomic E-state index is 0.00551. The van der Waals surface area contributed by atoms with E-state index in [1.54, 1.807) is 41.3 Å². The van der Waals surface area contributed by atoms with Crippen molar-refractivity contribution in [3.05, 3.63) is 69.5 Å².